The topological polar surface area (TPSA) is 50.1 Å². The van der Waals surface area contributed by atoms with Crippen LogP contribution in [0.25, 0.3) is 61.7 Å². The van der Waals surface area contributed by atoms with Crippen LogP contribution in [0.2, 0.25) is 0 Å². The van der Waals surface area contributed by atoms with Gasteiger partial charge in [0.05, 0.1) is 16.7 Å². The number of hydrogen-bond acceptors (Lipinski definition) is 5. The molecule has 6 heteroatoms. The molecule has 2 heterocycles. The lowest BCUT2D eigenvalue weighted by molar-refractivity contribution is 1.07. The summed E-state index contributed by atoms with van der Waals surface area (Å²) in [7, 11) is 0. The smallest absolute Gasteiger partial charge is 0.164 e. The summed E-state index contributed by atoms with van der Waals surface area (Å²) in [5.41, 5.74) is 16.2. The molecular formula is C60H46N6. The molecule has 0 aliphatic carbocycles. The second kappa shape index (κ2) is 17.2. The summed E-state index contributed by atoms with van der Waals surface area (Å²) >= 11 is 0. The van der Waals surface area contributed by atoms with Gasteiger partial charge in [-0.1, -0.05) is 133 Å². The highest BCUT2D eigenvalue weighted by Gasteiger charge is 2.22. The lowest BCUT2D eigenvalue weighted by Crippen LogP contribution is -2.09. The Morgan fingerprint density at radius 2 is 0.652 bits per heavy atom. The molecule has 0 radical (unpaired) electrons. The molecule has 66 heavy (non-hydrogen) atoms. The van der Waals surface area contributed by atoms with Gasteiger partial charge in [0.1, 0.15) is 0 Å². The first-order valence-electron chi connectivity index (χ1n) is 22.4. The highest BCUT2D eigenvalue weighted by atomic mass is 15.2. The first-order chi connectivity index (χ1) is 32.5. The van der Waals surface area contributed by atoms with Gasteiger partial charge in [0.25, 0.3) is 0 Å². The third-order valence-electron chi connectivity index (χ3n) is 12.3. The molecule has 0 spiro atoms. The van der Waals surface area contributed by atoms with Crippen molar-refractivity contribution in [2.45, 2.75) is 20.8 Å². The van der Waals surface area contributed by atoms with Crippen LogP contribution in [0.3, 0.4) is 0 Å². The number of aryl methyl sites for hydroxylation is 3. The maximum absolute atomic E-state index is 5.09. The van der Waals surface area contributed by atoms with Crippen LogP contribution >= 0.6 is 0 Å². The number of nitrogens with zero attached hydrogens (tertiary/aromatic N) is 6. The highest BCUT2D eigenvalue weighted by Crippen LogP contribution is 2.44. The van der Waals surface area contributed by atoms with Gasteiger partial charge in [-0.15, -0.1) is 0 Å². The van der Waals surface area contributed by atoms with Crippen LogP contribution in [0.4, 0.5) is 34.1 Å². The first kappa shape index (κ1) is 40.2. The molecule has 0 atom stereocenters. The Labute approximate surface area is 385 Å². The van der Waals surface area contributed by atoms with Crippen LogP contribution in [0.15, 0.2) is 224 Å². The number of anilines is 6. The molecule has 0 N–H and O–H groups in total. The molecule has 0 fully saturated rings. The Morgan fingerprint density at radius 3 is 1.05 bits per heavy atom. The van der Waals surface area contributed by atoms with E-state index in [9.17, 15) is 0 Å². The Bertz CT molecular complexity index is 3360. The second-order valence-corrected chi connectivity index (χ2v) is 16.7. The molecule has 2 aromatic heterocycles. The van der Waals surface area contributed by atoms with Crippen molar-refractivity contribution in [1.82, 2.24) is 19.5 Å². The van der Waals surface area contributed by atoms with Crippen molar-refractivity contribution in [3.8, 4) is 39.9 Å². The van der Waals surface area contributed by atoms with E-state index < -0.39 is 0 Å². The average Bonchev–Trinajstić information content (AvgIpc) is 3.68. The van der Waals surface area contributed by atoms with Crippen LogP contribution < -0.4 is 9.80 Å². The van der Waals surface area contributed by atoms with Crippen molar-refractivity contribution >= 4 is 55.9 Å². The zero-order valence-electron chi connectivity index (χ0n) is 37.0. The summed E-state index contributed by atoms with van der Waals surface area (Å²) in [6.45, 7) is 6.53. The van der Waals surface area contributed by atoms with Gasteiger partial charge in [0, 0.05) is 61.6 Å². The summed E-state index contributed by atoms with van der Waals surface area (Å²) < 4.78 is 2.44. The van der Waals surface area contributed by atoms with Gasteiger partial charge in [0.2, 0.25) is 0 Å². The van der Waals surface area contributed by atoms with Crippen LogP contribution in [0.5, 0.6) is 0 Å². The number of aromatic nitrogens is 4. The van der Waals surface area contributed by atoms with Gasteiger partial charge in [-0.2, -0.15) is 0 Å². The fourth-order valence-corrected chi connectivity index (χ4v) is 9.21. The Kier molecular flexibility index (Phi) is 10.5. The number of para-hydroxylation sites is 3. The van der Waals surface area contributed by atoms with Crippen molar-refractivity contribution < 1.29 is 0 Å². The average molecular weight is 851 g/mol. The SMILES string of the molecule is Cc1ccc(N(c2ccccc2)c2ccc3c(c2)c2cc(N(c4ccccc4)c4ccccc4)ccc2n3-c2c(C)cc(-c3nc(-c4ccccc4)nc(-c4ccccc4)n3)cc2C)cc1. The molecule has 0 amide bonds. The van der Waals surface area contributed by atoms with Crippen molar-refractivity contribution in [2.24, 2.45) is 0 Å². The molecule has 9 aromatic carbocycles. The van der Waals surface area contributed by atoms with Crippen LogP contribution in [0.1, 0.15) is 16.7 Å². The van der Waals surface area contributed by atoms with Gasteiger partial charge in [0.15, 0.2) is 17.5 Å². The van der Waals surface area contributed by atoms with E-state index in [1.165, 1.54) is 5.56 Å². The van der Waals surface area contributed by atoms with Crippen LogP contribution in [-0.4, -0.2) is 19.5 Å². The lowest BCUT2D eigenvalue weighted by Gasteiger charge is -2.26. The van der Waals surface area contributed by atoms with Crippen molar-refractivity contribution in [3.05, 3.63) is 241 Å². The maximum Gasteiger partial charge on any atom is 0.164 e. The van der Waals surface area contributed by atoms with Gasteiger partial charge in [-0.25, -0.2) is 15.0 Å². The zero-order chi connectivity index (χ0) is 44.6. The predicted molar refractivity (Wildman–Crippen MR) is 274 cm³/mol. The summed E-state index contributed by atoms with van der Waals surface area (Å²) in [6, 6.07) is 79.2. The molecule has 0 saturated heterocycles. The maximum atomic E-state index is 5.09. The zero-order valence-corrected chi connectivity index (χ0v) is 37.0. The minimum atomic E-state index is 0.635. The molecule has 0 bridgehead atoms. The van der Waals surface area contributed by atoms with E-state index in [1.807, 2.05) is 60.7 Å². The monoisotopic (exact) mass is 850 g/mol. The summed E-state index contributed by atoms with van der Waals surface area (Å²) in [5, 5.41) is 2.30. The summed E-state index contributed by atoms with van der Waals surface area (Å²) in [4.78, 5) is 19.8. The van der Waals surface area contributed by atoms with Crippen molar-refractivity contribution in [3.63, 3.8) is 0 Å². The van der Waals surface area contributed by atoms with E-state index in [4.69, 9.17) is 15.0 Å². The van der Waals surface area contributed by atoms with Crippen LogP contribution in [0, 0.1) is 20.8 Å². The van der Waals surface area contributed by atoms with Gasteiger partial charge >= 0.3 is 0 Å². The Hall–Kier alpha value is -8.61. The number of fused-ring (bicyclic) bond motifs is 3. The summed E-state index contributed by atoms with van der Waals surface area (Å²) in [5.74, 6) is 1.92. The quantitative estimate of drug-likeness (QED) is 0.137. The van der Waals surface area contributed by atoms with Gasteiger partial charge in [-0.05, 0) is 129 Å². The number of rotatable bonds is 10. The van der Waals surface area contributed by atoms with E-state index in [-0.39, 0.29) is 0 Å². The Morgan fingerprint density at radius 1 is 0.318 bits per heavy atom. The molecule has 0 aliphatic rings. The normalized spacial score (nSPS) is 11.3. The molecular weight excluding hydrogens is 805 g/mol. The van der Waals surface area contributed by atoms with E-state index in [0.29, 0.717) is 17.5 Å². The standard InChI is InChI=1S/C60H46N6/c1-41-29-31-50(32-30-41)65(49-27-17-8-18-28-49)52-34-36-56-54(40-52)53-39-51(64(47-23-13-6-14-24-47)48-25-15-7-16-26-48)33-35-55(53)66(56)57-42(2)37-46(38-43(57)3)60-62-58(44-19-9-4-10-20-44)61-59(63-60)45-21-11-5-12-22-45/h4-40H,1-3H3. The molecule has 316 valence electrons. The largest absolute Gasteiger partial charge is 0.310 e. The number of benzene rings is 9. The predicted octanol–water partition coefficient (Wildman–Crippen LogP) is 15.8. The third kappa shape index (κ3) is 7.54. The lowest BCUT2D eigenvalue weighted by atomic mass is 10.0. The van der Waals surface area contributed by atoms with Gasteiger partial charge in [-0.3, -0.25) is 0 Å². The minimum Gasteiger partial charge on any atom is -0.310 e. The molecule has 11 rings (SSSR count). The fourth-order valence-electron chi connectivity index (χ4n) is 9.21. The minimum absolute atomic E-state index is 0.635. The first-order valence-corrected chi connectivity index (χ1v) is 22.4. The third-order valence-corrected chi connectivity index (χ3v) is 12.3. The fraction of sp³-hybridized carbons (Fsp3) is 0.0500. The molecule has 0 aliphatic heterocycles. The van der Waals surface area contributed by atoms with Crippen molar-refractivity contribution in [2.75, 3.05) is 9.80 Å². The number of hydrogen-bond donors (Lipinski definition) is 0. The highest BCUT2D eigenvalue weighted by molar-refractivity contribution is 6.12. The van der Waals surface area contributed by atoms with E-state index in [1.54, 1.807) is 0 Å². The Balaban J connectivity index is 1.13. The van der Waals surface area contributed by atoms with E-state index >= 15 is 0 Å². The molecule has 0 saturated carbocycles. The molecule has 6 nitrogen and oxygen atoms in total. The molecule has 11 aromatic rings. The molecule has 0 unspecified atom stereocenters. The van der Waals surface area contributed by atoms with E-state index in [2.05, 4.69) is 199 Å². The van der Waals surface area contributed by atoms with Crippen LogP contribution in [-0.2, 0) is 0 Å². The summed E-state index contributed by atoms with van der Waals surface area (Å²) in [6.07, 6.45) is 0. The van der Waals surface area contributed by atoms with E-state index in [0.717, 1.165) is 89.4 Å². The second-order valence-electron chi connectivity index (χ2n) is 16.7. The van der Waals surface area contributed by atoms with Gasteiger partial charge < -0.3 is 14.4 Å². The van der Waals surface area contributed by atoms with Crippen molar-refractivity contribution in [1.29, 1.82) is 0 Å².